The van der Waals surface area contributed by atoms with Crippen LogP contribution < -0.4 is 20.2 Å². The Hall–Kier alpha value is -3.62. The normalized spacial score (nSPS) is 24.7. The molecule has 2 aliphatic rings. The quantitative estimate of drug-likeness (QED) is 0.514. The number of aromatic nitrogens is 1. The molecule has 1 fully saturated rings. The van der Waals surface area contributed by atoms with Crippen molar-refractivity contribution in [3.63, 3.8) is 0 Å². The van der Waals surface area contributed by atoms with Crippen molar-refractivity contribution in [1.29, 1.82) is 0 Å². The summed E-state index contributed by atoms with van der Waals surface area (Å²) >= 11 is 0. The van der Waals surface area contributed by atoms with Gasteiger partial charge in [-0.1, -0.05) is 32.4 Å². The first-order chi connectivity index (χ1) is 19.6. The van der Waals surface area contributed by atoms with Crippen LogP contribution in [-0.2, 0) is 14.4 Å². The number of ether oxygens (including phenoxy) is 2. The fourth-order valence-electron chi connectivity index (χ4n) is 5.45. The predicted octanol–water partition coefficient (Wildman–Crippen LogP) is 4.78. The number of nitrogens with one attached hydrogen (secondary N) is 2. The van der Waals surface area contributed by atoms with Gasteiger partial charge < -0.3 is 24.7 Å². The van der Waals surface area contributed by atoms with Crippen LogP contribution in [0.2, 0.25) is 0 Å². The fraction of sp³-hybridized carbons (Fsp3) is 0.562. The third-order valence-corrected chi connectivity index (χ3v) is 7.80. The number of carbonyl (C=O) groups is 3. The number of benzene rings is 1. The lowest BCUT2D eigenvalue weighted by Crippen LogP contribution is -2.52. The highest BCUT2D eigenvalue weighted by Crippen LogP contribution is 2.23. The summed E-state index contributed by atoms with van der Waals surface area (Å²) in [6.45, 7) is 8.74. The number of hydrogen-bond acceptors (Lipinski definition) is 6. The highest BCUT2D eigenvalue weighted by Gasteiger charge is 2.35. The molecule has 0 aliphatic carbocycles. The van der Waals surface area contributed by atoms with Gasteiger partial charge in [-0.05, 0) is 64.0 Å². The number of fused-ring (bicyclic) bond motifs is 2. The van der Waals surface area contributed by atoms with E-state index in [0.29, 0.717) is 48.9 Å². The molecule has 2 aliphatic heterocycles. The number of carbonyl (C=O) groups excluding carboxylic acids is 3. The highest BCUT2D eigenvalue weighted by atomic mass is 16.5. The van der Waals surface area contributed by atoms with Crippen LogP contribution in [0.3, 0.4) is 0 Å². The number of pyridine rings is 1. The Morgan fingerprint density at radius 1 is 1.07 bits per heavy atom. The van der Waals surface area contributed by atoms with Gasteiger partial charge in [-0.2, -0.15) is 0 Å². The summed E-state index contributed by atoms with van der Waals surface area (Å²) in [7, 11) is 1.59. The number of nitrogens with zero attached hydrogens (tertiary/aromatic N) is 1. The van der Waals surface area contributed by atoms with E-state index < -0.39 is 12.1 Å². The molecule has 41 heavy (non-hydrogen) atoms. The minimum absolute atomic E-state index is 0.0425. The van der Waals surface area contributed by atoms with Crippen molar-refractivity contribution < 1.29 is 23.9 Å². The third kappa shape index (κ3) is 8.93. The van der Waals surface area contributed by atoms with Crippen molar-refractivity contribution in [2.75, 3.05) is 20.3 Å². The summed E-state index contributed by atoms with van der Waals surface area (Å²) in [5.74, 6) is 1.56. The van der Waals surface area contributed by atoms with Gasteiger partial charge in [0.1, 0.15) is 11.8 Å². The molecule has 9 nitrogen and oxygen atoms in total. The van der Waals surface area contributed by atoms with Gasteiger partial charge in [-0.15, -0.1) is 0 Å². The van der Waals surface area contributed by atoms with Crippen LogP contribution in [0.1, 0.15) is 72.6 Å². The second-order valence-corrected chi connectivity index (χ2v) is 11.0. The number of amides is 2. The van der Waals surface area contributed by atoms with E-state index in [1.165, 1.54) is 13.0 Å². The summed E-state index contributed by atoms with van der Waals surface area (Å²) in [5.41, 5.74) is 0.662. The fourth-order valence-corrected chi connectivity index (χ4v) is 5.45. The summed E-state index contributed by atoms with van der Waals surface area (Å²) in [4.78, 5) is 53.8. The summed E-state index contributed by atoms with van der Waals surface area (Å²) in [6.07, 6.45) is 10.2. The Labute approximate surface area is 242 Å². The van der Waals surface area contributed by atoms with Crippen LogP contribution in [0, 0.1) is 11.8 Å². The molecule has 0 saturated carbocycles. The first kappa shape index (κ1) is 31.9. The van der Waals surface area contributed by atoms with Gasteiger partial charge in [0.15, 0.2) is 17.1 Å². The molecule has 4 atom stereocenters. The van der Waals surface area contributed by atoms with Crippen LogP contribution in [0.25, 0.3) is 10.9 Å². The molecule has 1 aromatic heterocycles. The van der Waals surface area contributed by atoms with E-state index in [2.05, 4.69) is 23.3 Å². The zero-order valence-corrected chi connectivity index (χ0v) is 25.0. The van der Waals surface area contributed by atoms with Crippen molar-refractivity contribution in [2.24, 2.45) is 11.8 Å². The molecule has 1 saturated heterocycles. The SMILES string of the molecule is CC(=O)C1NC(=O)C2CCCN2C(=O)CCCC(C)CC/C=C\C1C.CCOc1cc(=O)c2ccc(OC)cc2[nH]1. The molecule has 1 aromatic carbocycles. The molecule has 0 bridgehead atoms. The lowest BCUT2D eigenvalue weighted by atomic mass is 9.95. The largest absolute Gasteiger partial charge is 0.497 e. The maximum absolute atomic E-state index is 12.7. The second kappa shape index (κ2) is 15.4. The van der Waals surface area contributed by atoms with Crippen molar-refractivity contribution in [2.45, 2.75) is 84.7 Å². The zero-order chi connectivity index (χ0) is 29.9. The van der Waals surface area contributed by atoms with E-state index in [1.54, 1.807) is 30.2 Å². The molecule has 0 spiro atoms. The van der Waals surface area contributed by atoms with E-state index in [9.17, 15) is 19.2 Å². The number of methoxy groups -OCH3 is 1. The highest BCUT2D eigenvalue weighted by molar-refractivity contribution is 5.92. The third-order valence-electron chi connectivity index (χ3n) is 7.80. The average molecular weight is 568 g/mol. The van der Waals surface area contributed by atoms with Crippen LogP contribution in [0.4, 0.5) is 0 Å². The number of allylic oxidation sites excluding steroid dienone is 1. The van der Waals surface area contributed by atoms with Gasteiger partial charge >= 0.3 is 0 Å². The number of rotatable bonds is 4. The van der Waals surface area contributed by atoms with E-state index in [1.807, 2.05) is 19.9 Å². The molecule has 2 amide bonds. The molecule has 0 radical (unpaired) electrons. The minimum atomic E-state index is -0.524. The molecular weight excluding hydrogens is 522 g/mol. The smallest absolute Gasteiger partial charge is 0.243 e. The molecule has 2 N–H and O–H groups in total. The van der Waals surface area contributed by atoms with Crippen LogP contribution in [0.5, 0.6) is 11.6 Å². The van der Waals surface area contributed by atoms with Gasteiger partial charge in [0.25, 0.3) is 0 Å². The first-order valence-electron chi connectivity index (χ1n) is 14.7. The van der Waals surface area contributed by atoms with Crippen LogP contribution >= 0.6 is 0 Å². The standard InChI is InChI=1S/C20H32N2O3.C12H13NO3/c1-14-8-4-5-10-15(2)19(16(3)23)21-20(25)17-11-7-13-22(17)18(24)12-6-9-14;1-3-16-12-7-11(14)9-5-4-8(15-2)6-10(9)13-12/h5,10,14-15,17,19H,4,6-9,11-13H2,1-3H3,(H,21,25);4-7H,3H2,1-2H3,(H,13,14)/b10-5-;. The maximum Gasteiger partial charge on any atom is 0.243 e. The minimum Gasteiger partial charge on any atom is -0.497 e. The Morgan fingerprint density at radius 2 is 1.85 bits per heavy atom. The van der Waals surface area contributed by atoms with Gasteiger partial charge in [-0.3, -0.25) is 19.2 Å². The summed E-state index contributed by atoms with van der Waals surface area (Å²) in [5, 5.41) is 3.53. The lowest BCUT2D eigenvalue weighted by Gasteiger charge is -2.27. The molecule has 4 unspecified atom stereocenters. The Bertz CT molecular complexity index is 1290. The molecular formula is C32H45N3O6. The zero-order valence-electron chi connectivity index (χ0n) is 25.0. The molecule has 3 heterocycles. The van der Waals surface area contributed by atoms with E-state index in [4.69, 9.17) is 9.47 Å². The van der Waals surface area contributed by atoms with Crippen molar-refractivity contribution in [3.8, 4) is 11.6 Å². The van der Waals surface area contributed by atoms with Crippen molar-refractivity contribution in [3.05, 3.63) is 46.6 Å². The number of aromatic amines is 1. The van der Waals surface area contributed by atoms with E-state index in [-0.39, 0.29) is 28.9 Å². The Morgan fingerprint density at radius 3 is 2.56 bits per heavy atom. The lowest BCUT2D eigenvalue weighted by molar-refractivity contribution is -0.139. The summed E-state index contributed by atoms with van der Waals surface area (Å²) < 4.78 is 10.4. The molecule has 2 aromatic rings. The van der Waals surface area contributed by atoms with Gasteiger partial charge in [-0.25, -0.2) is 0 Å². The van der Waals surface area contributed by atoms with Crippen molar-refractivity contribution >= 4 is 28.5 Å². The first-order valence-corrected chi connectivity index (χ1v) is 14.7. The van der Waals surface area contributed by atoms with E-state index in [0.717, 1.165) is 37.6 Å². The van der Waals surface area contributed by atoms with Crippen molar-refractivity contribution in [1.82, 2.24) is 15.2 Å². The number of hydrogen-bond donors (Lipinski definition) is 2. The maximum atomic E-state index is 12.7. The monoisotopic (exact) mass is 567 g/mol. The number of Topliss-reactive ketones (excluding diaryl/α,β-unsaturated/α-hetero) is 1. The van der Waals surface area contributed by atoms with Gasteiger partial charge in [0.2, 0.25) is 11.8 Å². The number of ketones is 1. The van der Waals surface area contributed by atoms with Gasteiger partial charge in [0, 0.05) is 36.4 Å². The Balaban J connectivity index is 0.000000248. The molecule has 4 rings (SSSR count). The van der Waals surface area contributed by atoms with Gasteiger partial charge in [0.05, 0.1) is 25.3 Å². The second-order valence-electron chi connectivity index (χ2n) is 11.0. The average Bonchev–Trinajstić information content (AvgIpc) is 3.44. The summed E-state index contributed by atoms with van der Waals surface area (Å²) in [6, 6.07) is 5.79. The van der Waals surface area contributed by atoms with E-state index >= 15 is 0 Å². The van der Waals surface area contributed by atoms with Crippen LogP contribution in [0.15, 0.2) is 41.2 Å². The predicted molar refractivity (Wildman–Crippen MR) is 160 cm³/mol. The van der Waals surface area contributed by atoms with Crippen LogP contribution in [-0.4, -0.2) is 59.8 Å². The topological polar surface area (TPSA) is 118 Å². The molecule has 9 heteroatoms. The molecule has 224 valence electrons. The Kier molecular flexibility index (Phi) is 12.0. The number of H-pyrrole nitrogens is 1.